The lowest BCUT2D eigenvalue weighted by atomic mass is 10.1. The Morgan fingerprint density at radius 1 is 0.767 bits per heavy atom. The Kier molecular flexibility index (Phi) is 4.40. The fourth-order valence-corrected chi connectivity index (χ4v) is 3.38. The second kappa shape index (κ2) is 7.36. The molecule has 7 heteroatoms. The number of aryl methyl sites for hydroxylation is 1. The summed E-state index contributed by atoms with van der Waals surface area (Å²) in [6.07, 6.45) is 1.74. The predicted octanol–water partition coefficient (Wildman–Crippen LogP) is 4.63. The van der Waals surface area contributed by atoms with Crippen LogP contribution >= 0.6 is 0 Å². The van der Waals surface area contributed by atoms with Crippen LogP contribution in [0.5, 0.6) is 0 Å². The van der Waals surface area contributed by atoms with Gasteiger partial charge in [-0.1, -0.05) is 48.0 Å². The number of benzene rings is 3. The average molecular weight is 396 g/mol. The second-order valence-corrected chi connectivity index (χ2v) is 6.91. The maximum absolute atomic E-state index is 13.5. The van der Waals surface area contributed by atoms with Gasteiger partial charge >= 0.3 is 0 Å². The SMILES string of the molecule is Cc1ccc(-n2nnnc2-c2cnn(-c3ccc(F)cc3)c2-c2ccccc2)cc1. The summed E-state index contributed by atoms with van der Waals surface area (Å²) in [6, 6.07) is 24.1. The van der Waals surface area contributed by atoms with Gasteiger partial charge in [0, 0.05) is 5.56 Å². The van der Waals surface area contributed by atoms with Crippen molar-refractivity contribution >= 4 is 0 Å². The molecule has 0 atom stereocenters. The van der Waals surface area contributed by atoms with Gasteiger partial charge in [-0.25, -0.2) is 9.07 Å². The van der Waals surface area contributed by atoms with Crippen LogP contribution in [0.2, 0.25) is 0 Å². The first kappa shape index (κ1) is 17.9. The highest BCUT2D eigenvalue weighted by Gasteiger charge is 2.21. The molecule has 0 aliphatic heterocycles. The number of nitrogens with zero attached hydrogens (tertiary/aromatic N) is 6. The van der Waals surface area contributed by atoms with E-state index in [4.69, 9.17) is 0 Å². The maximum atomic E-state index is 13.5. The van der Waals surface area contributed by atoms with Gasteiger partial charge in [0.15, 0.2) is 5.82 Å². The Balaban J connectivity index is 1.72. The minimum Gasteiger partial charge on any atom is -0.232 e. The summed E-state index contributed by atoms with van der Waals surface area (Å²) in [7, 11) is 0. The topological polar surface area (TPSA) is 61.4 Å². The van der Waals surface area contributed by atoms with Crippen LogP contribution in [0.1, 0.15) is 5.56 Å². The number of aromatic nitrogens is 6. The van der Waals surface area contributed by atoms with Gasteiger partial charge in [-0.05, 0) is 53.7 Å². The van der Waals surface area contributed by atoms with Crippen LogP contribution in [0.3, 0.4) is 0 Å². The average Bonchev–Trinajstić information content (AvgIpc) is 3.42. The second-order valence-electron chi connectivity index (χ2n) is 6.91. The predicted molar refractivity (Wildman–Crippen MR) is 112 cm³/mol. The van der Waals surface area contributed by atoms with Crippen molar-refractivity contribution in [3.63, 3.8) is 0 Å². The first-order valence-electron chi connectivity index (χ1n) is 9.46. The van der Waals surface area contributed by atoms with Crippen molar-refractivity contribution < 1.29 is 4.39 Å². The third kappa shape index (κ3) is 3.16. The smallest absolute Gasteiger partial charge is 0.190 e. The van der Waals surface area contributed by atoms with Crippen LogP contribution in [0.15, 0.2) is 85.1 Å². The van der Waals surface area contributed by atoms with Crippen molar-refractivity contribution in [1.82, 2.24) is 30.0 Å². The zero-order valence-corrected chi connectivity index (χ0v) is 16.1. The Labute approximate surface area is 172 Å². The van der Waals surface area contributed by atoms with E-state index in [1.165, 1.54) is 12.1 Å². The molecule has 0 fully saturated rings. The number of hydrogen-bond acceptors (Lipinski definition) is 4. The Bertz CT molecular complexity index is 1290. The largest absolute Gasteiger partial charge is 0.232 e. The molecule has 0 amide bonds. The summed E-state index contributed by atoms with van der Waals surface area (Å²) in [5, 5.41) is 17.0. The number of tetrazole rings is 1. The third-order valence-electron chi connectivity index (χ3n) is 4.88. The van der Waals surface area contributed by atoms with Crippen LogP contribution in [-0.2, 0) is 0 Å². The van der Waals surface area contributed by atoms with Crippen LogP contribution in [0, 0.1) is 12.7 Å². The molecule has 5 rings (SSSR count). The van der Waals surface area contributed by atoms with Gasteiger partial charge in [-0.15, -0.1) is 5.10 Å². The van der Waals surface area contributed by atoms with E-state index in [0.717, 1.165) is 33.8 Å². The highest BCUT2D eigenvalue weighted by molar-refractivity contribution is 5.79. The molecule has 2 aromatic heterocycles. The monoisotopic (exact) mass is 396 g/mol. The van der Waals surface area contributed by atoms with E-state index >= 15 is 0 Å². The van der Waals surface area contributed by atoms with E-state index in [1.807, 2.05) is 61.5 Å². The molecule has 0 saturated heterocycles. The van der Waals surface area contributed by atoms with Crippen LogP contribution in [-0.4, -0.2) is 30.0 Å². The Hall–Kier alpha value is -4.13. The molecule has 0 unspecified atom stereocenters. The molecule has 0 radical (unpaired) electrons. The van der Waals surface area contributed by atoms with Gasteiger partial charge in [-0.2, -0.15) is 9.78 Å². The van der Waals surface area contributed by atoms with Gasteiger partial charge in [0.2, 0.25) is 0 Å². The lowest BCUT2D eigenvalue weighted by Gasteiger charge is -2.10. The van der Waals surface area contributed by atoms with Gasteiger partial charge in [0.25, 0.3) is 0 Å². The molecule has 0 N–H and O–H groups in total. The molecule has 0 saturated carbocycles. The molecule has 2 heterocycles. The van der Waals surface area contributed by atoms with E-state index in [1.54, 1.807) is 27.7 Å². The van der Waals surface area contributed by atoms with Gasteiger partial charge in [0.05, 0.1) is 28.8 Å². The number of hydrogen-bond donors (Lipinski definition) is 0. The lowest BCUT2D eigenvalue weighted by Crippen LogP contribution is -2.02. The first-order valence-corrected chi connectivity index (χ1v) is 9.46. The molecule has 5 aromatic rings. The number of halogens is 1. The fraction of sp³-hybridized carbons (Fsp3) is 0.0435. The summed E-state index contributed by atoms with van der Waals surface area (Å²) < 4.78 is 16.9. The van der Waals surface area contributed by atoms with Crippen LogP contribution < -0.4 is 0 Å². The zero-order valence-electron chi connectivity index (χ0n) is 16.1. The van der Waals surface area contributed by atoms with Crippen molar-refractivity contribution in [2.24, 2.45) is 0 Å². The van der Waals surface area contributed by atoms with E-state index < -0.39 is 0 Å². The van der Waals surface area contributed by atoms with E-state index in [0.29, 0.717) is 5.82 Å². The quantitative estimate of drug-likeness (QED) is 0.444. The van der Waals surface area contributed by atoms with Crippen molar-refractivity contribution in [1.29, 1.82) is 0 Å². The van der Waals surface area contributed by atoms with Crippen LogP contribution in [0.4, 0.5) is 4.39 Å². The van der Waals surface area contributed by atoms with E-state index in [9.17, 15) is 4.39 Å². The molecular weight excluding hydrogens is 379 g/mol. The maximum Gasteiger partial charge on any atom is 0.190 e. The molecule has 0 aliphatic rings. The summed E-state index contributed by atoms with van der Waals surface area (Å²) in [5.41, 5.74) is 5.31. The lowest BCUT2D eigenvalue weighted by molar-refractivity contribution is 0.627. The van der Waals surface area contributed by atoms with Crippen molar-refractivity contribution in [3.05, 3.63) is 96.4 Å². The Morgan fingerprint density at radius 3 is 2.17 bits per heavy atom. The van der Waals surface area contributed by atoms with Crippen molar-refractivity contribution in [3.8, 4) is 34.0 Å². The highest BCUT2D eigenvalue weighted by atomic mass is 19.1. The zero-order chi connectivity index (χ0) is 20.5. The summed E-state index contributed by atoms with van der Waals surface area (Å²) in [5.74, 6) is 0.279. The van der Waals surface area contributed by atoms with Gasteiger partial charge in [-0.3, -0.25) is 0 Å². The summed E-state index contributed by atoms with van der Waals surface area (Å²) >= 11 is 0. The molecule has 146 valence electrons. The molecule has 6 nitrogen and oxygen atoms in total. The molecule has 3 aromatic carbocycles. The first-order chi connectivity index (χ1) is 14.7. The minimum atomic E-state index is -0.296. The summed E-state index contributed by atoms with van der Waals surface area (Å²) in [6.45, 7) is 2.03. The molecule has 0 aliphatic carbocycles. The number of rotatable bonds is 4. The van der Waals surface area contributed by atoms with Crippen LogP contribution in [0.25, 0.3) is 34.0 Å². The van der Waals surface area contributed by atoms with Crippen molar-refractivity contribution in [2.75, 3.05) is 0 Å². The highest BCUT2D eigenvalue weighted by Crippen LogP contribution is 2.33. The minimum absolute atomic E-state index is 0.296. The molecule has 30 heavy (non-hydrogen) atoms. The van der Waals surface area contributed by atoms with E-state index in [-0.39, 0.29) is 5.82 Å². The Morgan fingerprint density at radius 2 is 1.43 bits per heavy atom. The normalized spacial score (nSPS) is 11.0. The molecular formula is C23H17FN6. The fourth-order valence-electron chi connectivity index (χ4n) is 3.38. The molecule has 0 bridgehead atoms. The van der Waals surface area contributed by atoms with Gasteiger partial charge < -0.3 is 0 Å². The van der Waals surface area contributed by atoms with E-state index in [2.05, 4.69) is 20.6 Å². The van der Waals surface area contributed by atoms with Crippen molar-refractivity contribution in [2.45, 2.75) is 6.92 Å². The van der Waals surface area contributed by atoms with Gasteiger partial charge in [0.1, 0.15) is 5.82 Å². The molecule has 0 spiro atoms. The summed E-state index contributed by atoms with van der Waals surface area (Å²) in [4.78, 5) is 0. The third-order valence-corrected chi connectivity index (χ3v) is 4.88. The standard InChI is InChI=1S/C23H17FN6/c1-16-7-11-20(12-8-16)30-23(26-27-28-30)21-15-25-29(19-13-9-18(24)10-14-19)22(21)17-5-3-2-4-6-17/h2-15H,1H3.